The molecule has 0 radical (unpaired) electrons. The van der Waals surface area contributed by atoms with Crippen LogP contribution < -0.4 is 11.1 Å². The summed E-state index contributed by atoms with van der Waals surface area (Å²) in [5.74, 6) is 1.19. The first-order valence-electron chi connectivity index (χ1n) is 7.87. The number of nitrogens with one attached hydrogen (secondary N) is 1. The smallest absolute Gasteiger partial charge is 0.251 e. The maximum Gasteiger partial charge on any atom is 0.251 e. The lowest BCUT2D eigenvalue weighted by molar-refractivity contribution is 0.0755. The molecule has 2 aliphatic carbocycles. The van der Waals surface area contributed by atoms with Gasteiger partial charge in [0.2, 0.25) is 0 Å². The summed E-state index contributed by atoms with van der Waals surface area (Å²) in [4.78, 5) is 12.6. The largest absolute Gasteiger partial charge is 0.349 e. The fourth-order valence-corrected chi connectivity index (χ4v) is 4.61. The lowest BCUT2D eigenvalue weighted by Crippen LogP contribution is -2.53. The highest BCUT2D eigenvalue weighted by Gasteiger charge is 2.40. The summed E-state index contributed by atoms with van der Waals surface area (Å²) in [5, 5.41) is 3.31. The molecule has 122 valence electrons. The molecule has 0 aliphatic heterocycles. The first-order valence-corrected chi connectivity index (χ1v) is 8.66. The number of carbonyl (C=O) groups excluding carboxylic acids is 1. The van der Waals surface area contributed by atoms with E-state index in [0.717, 1.165) is 28.4 Å². The summed E-state index contributed by atoms with van der Waals surface area (Å²) in [7, 11) is 0. The maximum absolute atomic E-state index is 12.6. The van der Waals surface area contributed by atoms with Gasteiger partial charge in [-0.1, -0.05) is 22.4 Å². The third kappa shape index (κ3) is 3.66. The third-order valence-corrected chi connectivity index (χ3v) is 5.60. The van der Waals surface area contributed by atoms with Crippen LogP contribution in [0, 0.1) is 18.8 Å². The Kier molecular flexibility index (Phi) is 5.92. The van der Waals surface area contributed by atoms with Gasteiger partial charge in [0.25, 0.3) is 5.91 Å². The van der Waals surface area contributed by atoms with Gasteiger partial charge in [0, 0.05) is 22.1 Å². The van der Waals surface area contributed by atoms with Gasteiger partial charge in [-0.3, -0.25) is 4.79 Å². The van der Waals surface area contributed by atoms with Crippen LogP contribution >= 0.6 is 28.3 Å². The summed E-state index contributed by atoms with van der Waals surface area (Å²) >= 11 is 3.44. The van der Waals surface area contributed by atoms with E-state index in [4.69, 9.17) is 5.73 Å². The predicted molar refractivity (Wildman–Crippen MR) is 95.4 cm³/mol. The monoisotopic (exact) mass is 386 g/mol. The number of aryl methyl sites for hydroxylation is 1. The van der Waals surface area contributed by atoms with E-state index in [1.807, 2.05) is 25.1 Å². The van der Waals surface area contributed by atoms with Crippen molar-refractivity contribution in [3.8, 4) is 0 Å². The average molecular weight is 388 g/mol. The number of carbonyl (C=O) groups is 1. The normalized spacial score (nSPS) is 30.3. The molecule has 22 heavy (non-hydrogen) atoms. The molecule has 2 aliphatic rings. The van der Waals surface area contributed by atoms with Gasteiger partial charge in [-0.15, -0.1) is 12.4 Å². The van der Waals surface area contributed by atoms with Crippen LogP contribution in [0.4, 0.5) is 0 Å². The number of hydrogen-bond donors (Lipinski definition) is 2. The van der Waals surface area contributed by atoms with Crippen LogP contribution in [-0.4, -0.2) is 18.0 Å². The second-order valence-electron chi connectivity index (χ2n) is 6.64. The van der Waals surface area contributed by atoms with Crippen LogP contribution in [0.5, 0.6) is 0 Å². The van der Waals surface area contributed by atoms with E-state index in [2.05, 4.69) is 21.2 Å². The van der Waals surface area contributed by atoms with Crippen molar-refractivity contribution in [3.05, 3.63) is 33.8 Å². The number of amides is 1. The zero-order valence-corrected chi connectivity index (χ0v) is 15.3. The Bertz CT molecular complexity index is 537. The molecule has 1 aromatic carbocycles. The van der Waals surface area contributed by atoms with Gasteiger partial charge in [-0.25, -0.2) is 0 Å². The van der Waals surface area contributed by atoms with Crippen molar-refractivity contribution in [2.75, 3.05) is 0 Å². The Morgan fingerprint density at radius 3 is 2.50 bits per heavy atom. The van der Waals surface area contributed by atoms with Crippen LogP contribution in [0.15, 0.2) is 22.7 Å². The van der Waals surface area contributed by atoms with Crippen molar-refractivity contribution < 1.29 is 4.79 Å². The summed E-state index contributed by atoms with van der Waals surface area (Å²) in [6.45, 7) is 1.98. The fourth-order valence-electron chi connectivity index (χ4n) is 4.14. The SMILES string of the molecule is Cc1cc(Br)ccc1C(=O)NC1C2CCCC1CC(N)C2.Cl. The molecule has 2 saturated carbocycles. The minimum atomic E-state index is 0. The Hall–Kier alpha value is -0.580. The molecular weight excluding hydrogens is 364 g/mol. The topological polar surface area (TPSA) is 55.1 Å². The molecule has 2 atom stereocenters. The zero-order valence-electron chi connectivity index (χ0n) is 12.8. The quantitative estimate of drug-likeness (QED) is 0.810. The first-order chi connectivity index (χ1) is 10.0. The maximum atomic E-state index is 12.6. The van der Waals surface area contributed by atoms with Crippen molar-refractivity contribution in [1.82, 2.24) is 5.32 Å². The van der Waals surface area contributed by atoms with Gasteiger partial charge < -0.3 is 11.1 Å². The van der Waals surface area contributed by atoms with E-state index in [9.17, 15) is 4.79 Å². The second-order valence-corrected chi connectivity index (χ2v) is 7.56. The van der Waals surface area contributed by atoms with Crippen molar-refractivity contribution in [2.24, 2.45) is 17.6 Å². The highest BCUT2D eigenvalue weighted by molar-refractivity contribution is 9.10. The number of nitrogens with two attached hydrogens (primary N) is 1. The van der Waals surface area contributed by atoms with Crippen molar-refractivity contribution in [3.63, 3.8) is 0 Å². The van der Waals surface area contributed by atoms with Crippen LogP contribution in [0.25, 0.3) is 0 Å². The average Bonchev–Trinajstić information content (AvgIpc) is 2.39. The predicted octanol–water partition coefficient (Wildman–Crippen LogP) is 3.82. The minimum absolute atomic E-state index is 0. The Morgan fingerprint density at radius 2 is 1.91 bits per heavy atom. The molecular formula is C17H24BrClN2O. The molecule has 3 rings (SSSR count). The van der Waals surface area contributed by atoms with Crippen molar-refractivity contribution in [1.29, 1.82) is 0 Å². The summed E-state index contributed by atoms with van der Waals surface area (Å²) in [6.07, 6.45) is 5.80. The van der Waals surface area contributed by atoms with E-state index in [1.54, 1.807) is 0 Å². The van der Waals surface area contributed by atoms with Gasteiger partial charge >= 0.3 is 0 Å². The number of hydrogen-bond acceptors (Lipinski definition) is 2. The lowest BCUT2D eigenvalue weighted by atomic mass is 9.67. The molecule has 2 fully saturated rings. The standard InChI is InChI=1S/C17H23BrN2O.ClH/c1-10-7-13(18)5-6-15(10)17(21)20-16-11-3-2-4-12(16)9-14(19)8-11;/h5-7,11-12,14,16H,2-4,8-9,19H2,1H3,(H,20,21);1H. The fraction of sp³-hybridized carbons (Fsp3) is 0.588. The van der Waals surface area contributed by atoms with Gasteiger partial charge in [0.15, 0.2) is 0 Å². The van der Waals surface area contributed by atoms with Crippen molar-refractivity contribution >= 4 is 34.2 Å². The van der Waals surface area contributed by atoms with Crippen LogP contribution in [-0.2, 0) is 0 Å². The summed E-state index contributed by atoms with van der Waals surface area (Å²) < 4.78 is 1.01. The molecule has 0 spiro atoms. The number of fused-ring (bicyclic) bond motifs is 2. The molecule has 0 aromatic heterocycles. The van der Waals surface area contributed by atoms with Crippen molar-refractivity contribution in [2.45, 2.75) is 51.1 Å². The van der Waals surface area contributed by atoms with Gasteiger partial charge in [0.05, 0.1) is 0 Å². The molecule has 3 nitrogen and oxygen atoms in total. The second kappa shape index (κ2) is 7.33. The van der Waals surface area contributed by atoms with Crippen LogP contribution in [0.1, 0.15) is 48.0 Å². The molecule has 1 amide bonds. The van der Waals surface area contributed by atoms with E-state index >= 15 is 0 Å². The lowest BCUT2D eigenvalue weighted by Gasteiger charge is -2.45. The van der Waals surface area contributed by atoms with Gasteiger partial charge in [0.1, 0.15) is 0 Å². The molecule has 5 heteroatoms. The Balaban J connectivity index is 0.00000176. The molecule has 0 heterocycles. The van der Waals surface area contributed by atoms with Gasteiger partial charge in [-0.05, 0) is 68.2 Å². The van der Waals surface area contributed by atoms with Gasteiger partial charge in [-0.2, -0.15) is 0 Å². The Labute approximate surface area is 147 Å². The Morgan fingerprint density at radius 1 is 1.27 bits per heavy atom. The minimum Gasteiger partial charge on any atom is -0.349 e. The highest BCUT2D eigenvalue weighted by Crippen LogP contribution is 2.39. The van der Waals surface area contributed by atoms with E-state index in [0.29, 0.717) is 23.9 Å². The van der Waals surface area contributed by atoms with Crippen LogP contribution in [0.3, 0.4) is 0 Å². The molecule has 2 unspecified atom stereocenters. The zero-order chi connectivity index (χ0) is 15.0. The first kappa shape index (κ1) is 17.8. The number of benzene rings is 1. The summed E-state index contributed by atoms with van der Waals surface area (Å²) in [5.41, 5.74) is 7.95. The third-order valence-electron chi connectivity index (χ3n) is 5.11. The molecule has 2 bridgehead atoms. The molecule has 0 saturated heterocycles. The van der Waals surface area contributed by atoms with E-state index in [1.165, 1.54) is 19.3 Å². The molecule has 1 aromatic rings. The highest BCUT2D eigenvalue weighted by atomic mass is 79.9. The number of halogens is 2. The number of rotatable bonds is 2. The summed E-state index contributed by atoms with van der Waals surface area (Å²) in [6, 6.07) is 6.46. The molecule has 3 N–H and O–H groups in total. The van der Waals surface area contributed by atoms with E-state index < -0.39 is 0 Å². The van der Waals surface area contributed by atoms with Crippen LogP contribution in [0.2, 0.25) is 0 Å². The van der Waals surface area contributed by atoms with E-state index in [-0.39, 0.29) is 18.3 Å².